The van der Waals surface area contributed by atoms with E-state index in [0.717, 1.165) is 6.42 Å². The molecule has 40 heavy (non-hydrogen) atoms. The van der Waals surface area contributed by atoms with Crippen LogP contribution < -0.4 is 16.0 Å². The molecule has 5 aromatic rings. The van der Waals surface area contributed by atoms with Crippen molar-refractivity contribution in [3.05, 3.63) is 117 Å². The number of rotatable bonds is 10. The van der Waals surface area contributed by atoms with Crippen LogP contribution >= 0.6 is 0 Å². The van der Waals surface area contributed by atoms with Gasteiger partial charge in [-0.05, 0) is 54.3 Å². The molecule has 3 aromatic heterocycles. The quantitative estimate of drug-likeness (QED) is 0.235. The summed E-state index contributed by atoms with van der Waals surface area (Å²) in [5.74, 6) is -0.668. The summed E-state index contributed by atoms with van der Waals surface area (Å²) in [6, 6.07) is 17.4. The molecular formula is C28H27FN6O4S. The smallest absolute Gasteiger partial charge is 0.330 e. The van der Waals surface area contributed by atoms with Gasteiger partial charge in [-0.3, -0.25) is 19.1 Å². The zero-order chi connectivity index (χ0) is 28.3. The first-order valence-corrected chi connectivity index (χ1v) is 14.2. The molecule has 10 nitrogen and oxygen atoms in total. The van der Waals surface area contributed by atoms with Gasteiger partial charge in [0.2, 0.25) is 0 Å². The molecule has 0 aliphatic heterocycles. The molecule has 3 N–H and O–H groups in total. The highest BCUT2D eigenvalue weighted by Gasteiger charge is 2.24. The Bertz CT molecular complexity index is 1880. The minimum absolute atomic E-state index is 0.0636. The van der Waals surface area contributed by atoms with E-state index in [2.05, 4.69) is 24.7 Å². The third kappa shape index (κ3) is 5.57. The van der Waals surface area contributed by atoms with Crippen molar-refractivity contribution in [2.75, 3.05) is 4.72 Å². The Morgan fingerprint density at radius 2 is 1.77 bits per heavy atom. The number of aromatic nitrogens is 5. The lowest BCUT2D eigenvalue weighted by molar-refractivity contribution is 0.598. The van der Waals surface area contributed by atoms with Crippen molar-refractivity contribution < 1.29 is 12.8 Å². The lowest BCUT2D eigenvalue weighted by Gasteiger charge is -2.17. The number of imidazole rings is 1. The van der Waals surface area contributed by atoms with Crippen molar-refractivity contribution in [2.24, 2.45) is 0 Å². The molecule has 0 aliphatic carbocycles. The van der Waals surface area contributed by atoms with Gasteiger partial charge in [-0.25, -0.2) is 27.6 Å². The molecule has 0 saturated carbocycles. The van der Waals surface area contributed by atoms with Crippen molar-refractivity contribution in [1.82, 2.24) is 24.5 Å². The summed E-state index contributed by atoms with van der Waals surface area (Å²) in [6.07, 6.45) is 3.12. The minimum Gasteiger partial charge on any atom is -0.336 e. The largest absolute Gasteiger partial charge is 0.336 e. The van der Waals surface area contributed by atoms with E-state index in [1.165, 1.54) is 29.0 Å². The molecular weight excluding hydrogens is 535 g/mol. The van der Waals surface area contributed by atoms with Gasteiger partial charge >= 0.3 is 5.69 Å². The van der Waals surface area contributed by atoms with Crippen LogP contribution in [-0.4, -0.2) is 32.9 Å². The Morgan fingerprint density at radius 3 is 2.52 bits per heavy atom. The van der Waals surface area contributed by atoms with Gasteiger partial charge in [0.25, 0.3) is 15.6 Å². The molecule has 2 aromatic carbocycles. The number of H-pyrrole nitrogens is 2. The van der Waals surface area contributed by atoms with E-state index in [1.807, 2.05) is 6.92 Å². The van der Waals surface area contributed by atoms with Crippen LogP contribution in [0.5, 0.6) is 0 Å². The Balaban J connectivity index is 1.61. The van der Waals surface area contributed by atoms with Crippen LogP contribution in [0.25, 0.3) is 11.2 Å². The standard InChI is InChI=1S/C28H27FN6O4S/c1-2-3-15-35-26-24(27(36)33-28(35)37)31-25(32-26)21(16-19-9-7-8-12-22(19)29)18-13-14-30-23(17-18)34-40(38,39)20-10-5-4-6-11-20/h4-14,17,21H,2-3,15-16H2,1H3,(H,30,34)(H,31,32)(H,33,36,37). The van der Waals surface area contributed by atoms with Crippen molar-refractivity contribution in [3.63, 3.8) is 0 Å². The van der Waals surface area contributed by atoms with E-state index < -0.39 is 33.0 Å². The Kier molecular flexibility index (Phi) is 7.60. The molecule has 0 radical (unpaired) electrons. The van der Waals surface area contributed by atoms with E-state index in [4.69, 9.17) is 0 Å². The molecule has 206 valence electrons. The van der Waals surface area contributed by atoms with Gasteiger partial charge < -0.3 is 4.98 Å². The second-order valence-corrected chi connectivity index (χ2v) is 11.0. The number of hydrogen-bond acceptors (Lipinski definition) is 6. The second kappa shape index (κ2) is 11.3. The zero-order valence-corrected chi connectivity index (χ0v) is 22.4. The number of anilines is 1. The van der Waals surface area contributed by atoms with E-state index >= 15 is 0 Å². The number of sulfonamides is 1. The highest BCUT2D eigenvalue weighted by Crippen LogP contribution is 2.30. The Labute approximate surface area is 229 Å². The molecule has 5 rings (SSSR count). The van der Waals surface area contributed by atoms with E-state index in [1.54, 1.807) is 48.5 Å². The maximum Gasteiger partial charge on any atom is 0.330 e. The molecule has 0 bridgehead atoms. The van der Waals surface area contributed by atoms with Gasteiger partial charge in [0.05, 0.1) is 4.90 Å². The highest BCUT2D eigenvalue weighted by atomic mass is 32.2. The van der Waals surface area contributed by atoms with E-state index in [0.29, 0.717) is 29.9 Å². The summed E-state index contributed by atoms with van der Waals surface area (Å²) in [7, 11) is -3.91. The maximum atomic E-state index is 14.8. The number of benzene rings is 2. The molecule has 0 saturated heterocycles. The predicted molar refractivity (Wildman–Crippen MR) is 149 cm³/mol. The highest BCUT2D eigenvalue weighted by molar-refractivity contribution is 7.92. The lowest BCUT2D eigenvalue weighted by Crippen LogP contribution is -2.30. The number of aromatic amines is 2. The van der Waals surface area contributed by atoms with Crippen molar-refractivity contribution in [1.29, 1.82) is 0 Å². The fourth-order valence-corrected chi connectivity index (χ4v) is 5.54. The maximum absolute atomic E-state index is 14.8. The summed E-state index contributed by atoms with van der Waals surface area (Å²) >= 11 is 0. The molecule has 1 unspecified atom stereocenters. The van der Waals surface area contributed by atoms with Crippen LogP contribution in [0.4, 0.5) is 10.2 Å². The zero-order valence-electron chi connectivity index (χ0n) is 21.6. The summed E-state index contributed by atoms with van der Waals surface area (Å²) in [5, 5.41) is 0. The summed E-state index contributed by atoms with van der Waals surface area (Å²) < 4.78 is 44.5. The number of nitrogens with zero attached hydrogens (tertiary/aromatic N) is 3. The van der Waals surface area contributed by atoms with Gasteiger partial charge in [-0.2, -0.15) is 0 Å². The Hall–Kier alpha value is -4.58. The molecule has 0 fully saturated rings. The van der Waals surface area contributed by atoms with E-state index in [9.17, 15) is 22.4 Å². The average molecular weight is 563 g/mol. The third-order valence-corrected chi connectivity index (χ3v) is 7.95. The number of pyridine rings is 1. The molecule has 12 heteroatoms. The average Bonchev–Trinajstić information content (AvgIpc) is 3.38. The van der Waals surface area contributed by atoms with Crippen LogP contribution in [-0.2, 0) is 23.0 Å². The molecule has 1 atom stereocenters. The van der Waals surface area contributed by atoms with Gasteiger partial charge in [-0.15, -0.1) is 0 Å². The molecule has 0 amide bonds. The molecule has 0 aliphatic rings. The third-order valence-electron chi connectivity index (χ3n) is 6.58. The Morgan fingerprint density at radius 1 is 1.02 bits per heavy atom. The van der Waals surface area contributed by atoms with Crippen molar-refractivity contribution >= 4 is 27.0 Å². The van der Waals surface area contributed by atoms with Crippen LogP contribution in [0.1, 0.15) is 42.6 Å². The number of hydrogen-bond donors (Lipinski definition) is 3. The second-order valence-electron chi connectivity index (χ2n) is 9.33. The fraction of sp³-hybridized carbons (Fsp3) is 0.214. The molecule has 0 spiro atoms. The molecule has 3 heterocycles. The normalized spacial score (nSPS) is 12.4. The van der Waals surface area contributed by atoms with Crippen molar-refractivity contribution in [3.8, 4) is 0 Å². The van der Waals surface area contributed by atoms with Gasteiger partial charge in [0.1, 0.15) is 23.0 Å². The van der Waals surface area contributed by atoms with Crippen LogP contribution in [0.2, 0.25) is 0 Å². The number of unbranched alkanes of at least 4 members (excludes halogenated alkanes) is 1. The lowest BCUT2D eigenvalue weighted by atomic mass is 9.91. The first-order chi connectivity index (χ1) is 19.3. The van der Waals surface area contributed by atoms with Gasteiger partial charge in [0.15, 0.2) is 5.65 Å². The van der Waals surface area contributed by atoms with E-state index in [-0.39, 0.29) is 28.3 Å². The monoisotopic (exact) mass is 562 g/mol. The number of aryl methyl sites for hydroxylation is 1. The SMILES string of the molecule is CCCCn1c(=O)[nH]c(=O)c2[nH]c(C(Cc3ccccc3F)c3ccnc(NS(=O)(=O)c4ccccc4)c3)nc21. The first kappa shape index (κ1) is 27.0. The predicted octanol–water partition coefficient (Wildman–Crippen LogP) is 3.92. The van der Waals surface area contributed by atoms with Crippen LogP contribution in [0.15, 0.2) is 87.4 Å². The topological polar surface area (TPSA) is 143 Å². The summed E-state index contributed by atoms with van der Waals surface area (Å²) in [4.78, 5) is 39.5. The van der Waals surface area contributed by atoms with Gasteiger partial charge in [0, 0.05) is 18.7 Å². The number of halogens is 1. The first-order valence-electron chi connectivity index (χ1n) is 12.8. The van der Waals surface area contributed by atoms with Crippen LogP contribution in [0.3, 0.4) is 0 Å². The van der Waals surface area contributed by atoms with Crippen LogP contribution in [0, 0.1) is 5.82 Å². The van der Waals surface area contributed by atoms with Crippen molar-refractivity contribution in [2.45, 2.75) is 43.5 Å². The summed E-state index contributed by atoms with van der Waals surface area (Å²) in [5.41, 5.74) is 0.131. The number of nitrogens with one attached hydrogen (secondary N) is 3. The minimum atomic E-state index is -3.91. The summed E-state index contributed by atoms with van der Waals surface area (Å²) in [6.45, 7) is 2.35. The number of fused-ring (bicyclic) bond motifs is 1. The van der Waals surface area contributed by atoms with Gasteiger partial charge in [-0.1, -0.05) is 49.7 Å². The fourth-order valence-electron chi connectivity index (χ4n) is 4.52.